The number of carboxylic acid groups (broad SMARTS) is 1. The van der Waals surface area contributed by atoms with Crippen molar-refractivity contribution in [3.8, 4) is 11.5 Å². The van der Waals surface area contributed by atoms with Gasteiger partial charge in [0.05, 0.1) is 27.7 Å². The molecule has 10 heteroatoms. The number of benzene rings is 3. The lowest BCUT2D eigenvalue weighted by Gasteiger charge is -2.14. The molecule has 0 unspecified atom stereocenters. The summed E-state index contributed by atoms with van der Waals surface area (Å²) in [6.45, 7) is 0.0180. The lowest BCUT2D eigenvalue weighted by atomic mass is 10.1. The van der Waals surface area contributed by atoms with Gasteiger partial charge >= 0.3 is 5.97 Å². The largest absolute Gasteiger partial charge is 0.493 e. The Labute approximate surface area is 219 Å². The number of amidine groups is 1. The van der Waals surface area contributed by atoms with Crippen molar-refractivity contribution >= 4 is 56.5 Å². The monoisotopic (exact) mass is 570 g/mol. The number of amides is 1. The highest BCUT2D eigenvalue weighted by Crippen LogP contribution is 2.39. The minimum atomic E-state index is -1.05. The van der Waals surface area contributed by atoms with E-state index in [1.54, 1.807) is 55.6 Å². The van der Waals surface area contributed by atoms with E-state index in [9.17, 15) is 19.1 Å². The maximum atomic E-state index is 14.0. The minimum absolute atomic E-state index is 0.0180. The zero-order chi connectivity index (χ0) is 25.8. The van der Waals surface area contributed by atoms with Crippen molar-refractivity contribution in [2.45, 2.75) is 6.61 Å². The number of aliphatic imine (C=N–C) groups is 1. The molecule has 1 fully saturated rings. The molecule has 0 spiro atoms. The first-order valence-electron chi connectivity index (χ1n) is 10.6. The zero-order valence-electron chi connectivity index (χ0n) is 19.2. The van der Waals surface area contributed by atoms with Crippen LogP contribution in [0.3, 0.4) is 0 Å². The van der Waals surface area contributed by atoms with Crippen LogP contribution in [0.4, 0.5) is 10.1 Å². The van der Waals surface area contributed by atoms with E-state index in [-0.39, 0.29) is 23.9 Å². The van der Waals surface area contributed by atoms with E-state index < -0.39 is 5.97 Å². The molecule has 0 saturated carbocycles. The van der Waals surface area contributed by atoms with Gasteiger partial charge in [0.15, 0.2) is 16.7 Å². The van der Waals surface area contributed by atoms with Gasteiger partial charge in [-0.15, -0.1) is 0 Å². The van der Waals surface area contributed by atoms with Gasteiger partial charge in [0.1, 0.15) is 12.4 Å². The highest BCUT2D eigenvalue weighted by molar-refractivity contribution is 9.10. The quantitative estimate of drug-likeness (QED) is 0.345. The van der Waals surface area contributed by atoms with Crippen molar-refractivity contribution < 1.29 is 28.6 Å². The second-order valence-corrected chi connectivity index (χ2v) is 9.50. The van der Waals surface area contributed by atoms with E-state index in [2.05, 4.69) is 20.9 Å². The van der Waals surface area contributed by atoms with Crippen LogP contribution < -0.4 is 9.47 Å². The van der Waals surface area contributed by atoms with Crippen LogP contribution in [0.25, 0.3) is 6.08 Å². The van der Waals surface area contributed by atoms with Gasteiger partial charge in [-0.2, -0.15) is 0 Å². The first-order valence-corrected chi connectivity index (χ1v) is 12.2. The summed E-state index contributed by atoms with van der Waals surface area (Å²) < 4.78 is 25.8. The van der Waals surface area contributed by atoms with Crippen LogP contribution in [0, 0.1) is 5.82 Å². The Balaban J connectivity index is 1.58. The molecular formula is C26H20BrFN2O5S. The third kappa shape index (κ3) is 5.60. The molecule has 3 aromatic rings. The average Bonchev–Trinajstić information content (AvgIpc) is 3.11. The Kier molecular flexibility index (Phi) is 7.76. The summed E-state index contributed by atoms with van der Waals surface area (Å²) in [5, 5.41) is 9.61. The summed E-state index contributed by atoms with van der Waals surface area (Å²) in [6, 6.07) is 16.0. The smallest absolute Gasteiger partial charge is 0.335 e. The number of nitrogens with zero attached hydrogens (tertiary/aromatic N) is 2. The number of likely N-dealkylation sites (N-methyl/N-ethyl adjacent to an activating group) is 1. The summed E-state index contributed by atoms with van der Waals surface area (Å²) in [4.78, 5) is 30.3. The molecule has 1 amide bonds. The third-order valence-corrected chi connectivity index (χ3v) is 6.85. The van der Waals surface area contributed by atoms with Gasteiger partial charge in [-0.3, -0.25) is 9.69 Å². The number of hydrogen-bond donors (Lipinski definition) is 1. The number of ether oxygens (including phenoxy) is 2. The number of aromatic carboxylic acids is 1. The van der Waals surface area contributed by atoms with Gasteiger partial charge in [0.25, 0.3) is 5.91 Å². The second kappa shape index (κ2) is 11.0. The van der Waals surface area contributed by atoms with E-state index in [1.165, 1.54) is 42.0 Å². The molecule has 36 heavy (non-hydrogen) atoms. The Morgan fingerprint density at radius 1 is 1.19 bits per heavy atom. The fraction of sp³-hybridized carbons (Fsp3) is 0.115. The molecule has 0 aromatic heterocycles. The number of methoxy groups -OCH3 is 1. The molecule has 184 valence electrons. The number of carbonyl (C=O) groups is 2. The van der Waals surface area contributed by atoms with Crippen LogP contribution >= 0.6 is 27.7 Å². The van der Waals surface area contributed by atoms with E-state index >= 15 is 0 Å². The number of hydrogen-bond acceptors (Lipinski definition) is 6. The van der Waals surface area contributed by atoms with Crippen LogP contribution in [0.2, 0.25) is 0 Å². The Morgan fingerprint density at radius 3 is 2.69 bits per heavy atom. The van der Waals surface area contributed by atoms with Crippen LogP contribution in [0.15, 0.2) is 75.0 Å². The molecule has 7 nitrogen and oxygen atoms in total. The lowest BCUT2D eigenvalue weighted by Crippen LogP contribution is -2.23. The topological polar surface area (TPSA) is 88.4 Å². The summed E-state index contributed by atoms with van der Waals surface area (Å²) >= 11 is 4.65. The number of carboxylic acids is 1. The van der Waals surface area contributed by atoms with Crippen LogP contribution in [0.5, 0.6) is 11.5 Å². The van der Waals surface area contributed by atoms with Crippen molar-refractivity contribution in [2.24, 2.45) is 4.99 Å². The van der Waals surface area contributed by atoms with Crippen molar-refractivity contribution in [1.29, 1.82) is 0 Å². The summed E-state index contributed by atoms with van der Waals surface area (Å²) in [6.07, 6.45) is 1.70. The molecule has 1 aliphatic rings. The molecule has 4 rings (SSSR count). The van der Waals surface area contributed by atoms with E-state index in [4.69, 9.17) is 9.47 Å². The first kappa shape index (κ1) is 25.5. The van der Waals surface area contributed by atoms with Gasteiger partial charge in [0, 0.05) is 12.6 Å². The summed E-state index contributed by atoms with van der Waals surface area (Å²) in [5.41, 5.74) is 1.63. The van der Waals surface area contributed by atoms with E-state index in [0.717, 1.165) is 0 Å². The molecule has 0 aliphatic carbocycles. The second-order valence-electron chi connectivity index (χ2n) is 7.64. The van der Waals surface area contributed by atoms with Crippen molar-refractivity contribution in [1.82, 2.24) is 4.90 Å². The fourth-order valence-electron chi connectivity index (χ4n) is 3.35. The van der Waals surface area contributed by atoms with Crippen molar-refractivity contribution in [3.63, 3.8) is 0 Å². The normalized spacial score (nSPS) is 15.6. The molecule has 1 heterocycles. The molecule has 1 aliphatic heterocycles. The van der Waals surface area contributed by atoms with Crippen molar-refractivity contribution in [3.05, 3.63) is 92.5 Å². The first-order chi connectivity index (χ1) is 17.3. The third-order valence-electron chi connectivity index (χ3n) is 5.20. The van der Waals surface area contributed by atoms with Crippen LogP contribution in [-0.4, -0.2) is 41.2 Å². The predicted octanol–water partition coefficient (Wildman–Crippen LogP) is 6.11. The molecule has 1 N–H and O–H groups in total. The van der Waals surface area contributed by atoms with E-state index in [0.29, 0.717) is 42.9 Å². The Morgan fingerprint density at radius 2 is 1.97 bits per heavy atom. The predicted molar refractivity (Wildman–Crippen MR) is 140 cm³/mol. The molecule has 1 saturated heterocycles. The Hall–Kier alpha value is -3.63. The Bertz CT molecular complexity index is 1410. The van der Waals surface area contributed by atoms with Crippen LogP contribution in [0.1, 0.15) is 21.5 Å². The molecule has 3 aromatic carbocycles. The highest BCUT2D eigenvalue weighted by atomic mass is 79.9. The maximum absolute atomic E-state index is 14.0. The summed E-state index contributed by atoms with van der Waals surface area (Å²) in [7, 11) is 3.10. The van der Waals surface area contributed by atoms with Crippen LogP contribution in [-0.2, 0) is 11.4 Å². The van der Waals surface area contributed by atoms with Crippen molar-refractivity contribution in [2.75, 3.05) is 14.2 Å². The standard InChI is InChI=1S/C26H20BrFN2O5S/c1-30-24(31)22(36-26(30)29-18-8-5-7-16(13-18)25(32)33)12-15-10-19(27)23(21(11-15)34-2)35-14-17-6-3-4-9-20(17)28/h3-13H,14H2,1-2H3,(H,32,33)/b22-12-,29-26?. The molecule has 0 radical (unpaired) electrons. The lowest BCUT2D eigenvalue weighted by molar-refractivity contribution is -0.121. The maximum Gasteiger partial charge on any atom is 0.335 e. The SMILES string of the molecule is COc1cc(/C=C2\SC(=Nc3cccc(C(=O)O)c3)N(C)C2=O)cc(Br)c1OCc1ccccc1F. The van der Waals surface area contributed by atoms with Gasteiger partial charge in [0.2, 0.25) is 0 Å². The summed E-state index contributed by atoms with van der Waals surface area (Å²) in [5.74, 6) is -0.839. The van der Waals surface area contributed by atoms with Gasteiger partial charge in [-0.25, -0.2) is 14.2 Å². The number of carbonyl (C=O) groups excluding carboxylic acids is 1. The average molecular weight is 571 g/mol. The number of halogens is 2. The number of rotatable bonds is 7. The van der Waals surface area contributed by atoms with Gasteiger partial charge in [-0.05, 0) is 75.7 Å². The molecule has 0 bridgehead atoms. The number of thioether (sulfide) groups is 1. The highest BCUT2D eigenvalue weighted by Gasteiger charge is 2.30. The fourth-order valence-corrected chi connectivity index (χ4v) is 4.91. The minimum Gasteiger partial charge on any atom is -0.493 e. The van der Waals surface area contributed by atoms with E-state index in [1.807, 2.05) is 0 Å². The van der Waals surface area contributed by atoms with Gasteiger partial charge < -0.3 is 14.6 Å². The molecule has 0 atom stereocenters. The molecular weight excluding hydrogens is 551 g/mol. The van der Waals surface area contributed by atoms with Gasteiger partial charge in [-0.1, -0.05) is 24.3 Å². The zero-order valence-corrected chi connectivity index (χ0v) is 21.6.